The van der Waals surface area contributed by atoms with Crippen molar-refractivity contribution in [3.8, 4) is 5.75 Å². The average molecular weight is 192 g/mol. The maximum atomic E-state index is 5.91. The Bertz CT molecular complexity index is 325. The summed E-state index contributed by atoms with van der Waals surface area (Å²) in [6.45, 7) is 1.25. The fourth-order valence-electron chi connectivity index (χ4n) is 1.83. The van der Waals surface area contributed by atoms with Gasteiger partial charge in [0.25, 0.3) is 0 Å². The topological polar surface area (TPSA) is 61.3 Å². The summed E-state index contributed by atoms with van der Waals surface area (Å²) in [6.07, 6.45) is 2.18. The van der Waals surface area contributed by atoms with Crippen LogP contribution in [0.3, 0.4) is 0 Å². The van der Waals surface area contributed by atoms with Gasteiger partial charge >= 0.3 is 0 Å². The first-order valence-corrected chi connectivity index (χ1v) is 5.03. The number of nitrogens with two attached hydrogens (primary N) is 2. The number of rotatable bonds is 2. The van der Waals surface area contributed by atoms with E-state index in [-0.39, 0.29) is 6.04 Å². The van der Waals surface area contributed by atoms with Crippen molar-refractivity contribution in [3.05, 3.63) is 29.3 Å². The van der Waals surface area contributed by atoms with Crippen LogP contribution >= 0.6 is 0 Å². The molecular weight excluding hydrogens is 176 g/mol. The molecule has 1 heterocycles. The quantitative estimate of drug-likeness (QED) is 0.734. The Kier molecular flexibility index (Phi) is 2.70. The molecule has 76 valence electrons. The third-order valence-corrected chi connectivity index (χ3v) is 2.62. The van der Waals surface area contributed by atoms with E-state index in [2.05, 4.69) is 6.07 Å². The highest BCUT2D eigenvalue weighted by molar-refractivity contribution is 5.44. The first kappa shape index (κ1) is 9.49. The van der Waals surface area contributed by atoms with E-state index in [9.17, 15) is 0 Å². The van der Waals surface area contributed by atoms with Gasteiger partial charge in [0.05, 0.1) is 6.61 Å². The smallest absolute Gasteiger partial charge is 0.127 e. The van der Waals surface area contributed by atoms with Crippen LogP contribution in [-0.2, 0) is 6.42 Å². The SMILES string of the molecule is NCC(N)c1cccc2c1OCCC2. The number of hydrogen-bond acceptors (Lipinski definition) is 3. The molecule has 2 rings (SSSR count). The van der Waals surface area contributed by atoms with Crippen molar-refractivity contribution < 1.29 is 4.74 Å². The molecule has 14 heavy (non-hydrogen) atoms. The van der Waals surface area contributed by atoms with E-state index in [1.165, 1.54) is 5.56 Å². The van der Waals surface area contributed by atoms with Crippen molar-refractivity contribution in [3.63, 3.8) is 0 Å². The summed E-state index contributed by atoms with van der Waals surface area (Å²) in [6, 6.07) is 6.02. The minimum absolute atomic E-state index is 0.108. The summed E-state index contributed by atoms with van der Waals surface area (Å²) in [4.78, 5) is 0. The monoisotopic (exact) mass is 192 g/mol. The van der Waals surface area contributed by atoms with Gasteiger partial charge in [-0.3, -0.25) is 0 Å². The molecule has 1 aromatic carbocycles. The van der Waals surface area contributed by atoms with E-state index in [1.54, 1.807) is 0 Å². The van der Waals surface area contributed by atoms with Crippen LogP contribution < -0.4 is 16.2 Å². The van der Waals surface area contributed by atoms with Crippen molar-refractivity contribution in [2.45, 2.75) is 18.9 Å². The van der Waals surface area contributed by atoms with Crippen LogP contribution in [0.5, 0.6) is 5.75 Å². The van der Waals surface area contributed by atoms with Gasteiger partial charge in [0.1, 0.15) is 5.75 Å². The highest BCUT2D eigenvalue weighted by Gasteiger charge is 2.17. The Morgan fingerprint density at radius 3 is 3.07 bits per heavy atom. The zero-order chi connectivity index (χ0) is 9.97. The fraction of sp³-hybridized carbons (Fsp3) is 0.455. The maximum Gasteiger partial charge on any atom is 0.127 e. The van der Waals surface area contributed by atoms with Crippen LogP contribution in [-0.4, -0.2) is 13.2 Å². The van der Waals surface area contributed by atoms with Gasteiger partial charge < -0.3 is 16.2 Å². The summed E-state index contributed by atoms with van der Waals surface area (Å²) >= 11 is 0. The molecule has 0 radical (unpaired) electrons. The number of fused-ring (bicyclic) bond motifs is 1. The second-order valence-electron chi connectivity index (χ2n) is 3.63. The Labute approximate surface area is 84.0 Å². The summed E-state index contributed by atoms with van der Waals surface area (Å²) in [5, 5.41) is 0. The van der Waals surface area contributed by atoms with Crippen LogP contribution in [0.25, 0.3) is 0 Å². The molecule has 1 aromatic rings. The van der Waals surface area contributed by atoms with Crippen molar-refractivity contribution in [2.75, 3.05) is 13.2 Å². The third-order valence-electron chi connectivity index (χ3n) is 2.62. The number of aryl methyl sites for hydroxylation is 1. The predicted octanol–water partition coefficient (Wildman–Crippen LogP) is 0.970. The molecule has 3 heteroatoms. The molecule has 0 amide bonds. The summed E-state index contributed by atoms with van der Waals surface area (Å²) in [5.74, 6) is 0.969. The van der Waals surface area contributed by atoms with Gasteiger partial charge in [-0.25, -0.2) is 0 Å². The second-order valence-corrected chi connectivity index (χ2v) is 3.63. The Morgan fingerprint density at radius 1 is 1.43 bits per heavy atom. The predicted molar refractivity (Wildman–Crippen MR) is 56.2 cm³/mol. The van der Waals surface area contributed by atoms with Crippen LogP contribution in [0.1, 0.15) is 23.6 Å². The van der Waals surface area contributed by atoms with E-state index in [0.29, 0.717) is 6.54 Å². The fourth-order valence-corrected chi connectivity index (χ4v) is 1.83. The zero-order valence-corrected chi connectivity index (χ0v) is 8.20. The van der Waals surface area contributed by atoms with Crippen molar-refractivity contribution >= 4 is 0 Å². The normalized spacial score (nSPS) is 17.0. The van der Waals surface area contributed by atoms with Crippen LogP contribution in [0.15, 0.2) is 18.2 Å². The number of para-hydroxylation sites is 1. The van der Waals surface area contributed by atoms with Crippen molar-refractivity contribution in [1.29, 1.82) is 0 Å². The lowest BCUT2D eigenvalue weighted by molar-refractivity contribution is 0.283. The van der Waals surface area contributed by atoms with Gasteiger partial charge in [0, 0.05) is 18.2 Å². The Morgan fingerprint density at radius 2 is 2.29 bits per heavy atom. The van der Waals surface area contributed by atoms with Gasteiger partial charge in [-0.15, -0.1) is 0 Å². The van der Waals surface area contributed by atoms with E-state index in [0.717, 1.165) is 30.8 Å². The molecule has 0 spiro atoms. The molecule has 0 bridgehead atoms. The second kappa shape index (κ2) is 3.98. The van der Waals surface area contributed by atoms with Gasteiger partial charge in [-0.05, 0) is 18.4 Å². The molecule has 4 N–H and O–H groups in total. The standard InChI is InChI=1S/C11H16N2O/c12-7-10(13)9-5-1-3-8-4-2-6-14-11(8)9/h1,3,5,10H,2,4,6-7,12-13H2. The van der Waals surface area contributed by atoms with Gasteiger partial charge in [-0.1, -0.05) is 18.2 Å². The van der Waals surface area contributed by atoms with Crippen molar-refractivity contribution in [2.24, 2.45) is 11.5 Å². The molecule has 1 atom stereocenters. The highest BCUT2D eigenvalue weighted by Crippen LogP contribution is 2.31. The molecule has 0 aromatic heterocycles. The minimum Gasteiger partial charge on any atom is -0.493 e. The third kappa shape index (κ3) is 1.61. The van der Waals surface area contributed by atoms with Crippen LogP contribution in [0.4, 0.5) is 0 Å². The Balaban J connectivity index is 2.39. The minimum atomic E-state index is -0.108. The number of hydrogen-bond donors (Lipinski definition) is 2. The van der Waals surface area contributed by atoms with E-state index >= 15 is 0 Å². The molecule has 0 saturated carbocycles. The first-order chi connectivity index (χ1) is 6.83. The molecular formula is C11H16N2O. The highest BCUT2D eigenvalue weighted by atomic mass is 16.5. The molecule has 1 aliphatic heterocycles. The Hall–Kier alpha value is -1.06. The lowest BCUT2D eigenvalue weighted by atomic mass is 9.98. The number of ether oxygens (including phenoxy) is 1. The lowest BCUT2D eigenvalue weighted by Crippen LogP contribution is -2.23. The van der Waals surface area contributed by atoms with E-state index in [4.69, 9.17) is 16.2 Å². The molecule has 3 nitrogen and oxygen atoms in total. The number of benzene rings is 1. The summed E-state index contributed by atoms with van der Waals surface area (Å²) < 4.78 is 5.64. The molecule has 1 aliphatic rings. The van der Waals surface area contributed by atoms with Gasteiger partial charge in [-0.2, -0.15) is 0 Å². The van der Waals surface area contributed by atoms with Crippen LogP contribution in [0, 0.1) is 0 Å². The average Bonchev–Trinajstić information content (AvgIpc) is 2.27. The van der Waals surface area contributed by atoms with E-state index in [1.807, 2.05) is 12.1 Å². The van der Waals surface area contributed by atoms with Crippen LogP contribution in [0.2, 0.25) is 0 Å². The molecule has 0 aliphatic carbocycles. The summed E-state index contributed by atoms with van der Waals surface area (Å²) in [7, 11) is 0. The van der Waals surface area contributed by atoms with Gasteiger partial charge in [0.15, 0.2) is 0 Å². The van der Waals surface area contributed by atoms with E-state index < -0.39 is 0 Å². The van der Waals surface area contributed by atoms with Crippen molar-refractivity contribution in [1.82, 2.24) is 0 Å². The molecule has 0 saturated heterocycles. The zero-order valence-electron chi connectivity index (χ0n) is 8.20. The van der Waals surface area contributed by atoms with Gasteiger partial charge in [0.2, 0.25) is 0 Å². The maximum absolute atomic E-state index is 5.91. The first-order valence-electron chi connectivity index (χ1n) is 5.03. The largest absolute Gasteiger partial charge is 0.493 e. The molecule has 0 fully saturated rings. The lowest BCUT2D eigenvalue weighted by Gasteiger charge is -2.22. The molecule has 1 unspecified atom stereocenters. The summed E-state index contributed by atoms with van der Waals surface area (Å²) in [5.41, 5.74) is 13.8.